The molecule has 0 aliphatic heterocycles. The molecule has 0 atom stereocenters. The molecule has 72 valence electrons. The van der Waals surface area contributed by atoms with Crippen LogP contribution >= 0.6 is 0 Å². The van der Waals surface area contributed by atoms with Crippen LogP contribution in [0.1, 0.15) is 19.8 Å². The van der Waals surface area contributed by atoms with Gasteiger partial charge < -0.3 is 10.6 Å². The van der Waals surface area contributed by atoms with E-state index in [1.807, 2.05) is 0 Å². The molecule has 0 bridgehead atoms. The fourth-order valence-corrected chi connectivity index (χ4v) is 0.158. The minimum absolute atomic E-state index is 0. The van der Waals surface area contributed by atoms with Gasteiger partial charge >= 0.3 is 10.4 Å². The van der Waals surface area contributed by atoms with Crippen molar-refractivity contribution < 1.29 is 28.1 Å². The summed E-state index contributed by atoms with van der Waals surface area (Å²) >= 11 is 0. The lowest BCUT2D eigenvalue weighted by Gasteiger charge is -1.79. The Hall–Kier alpha value is -0.210. The summed E-state index contributed by atoms with van der Waals surface area (Å²) in [6, 6.07) is 0. The molecule has 0 rings (SSSR count). The fourth-order valence-electron chi connectivity index (χ4n) is 0.158. The minimum Gasteiger partial charge on any atom is -0.412 e. The highest BCUT2D eigenvalue weighted by molar-refractivity contribution is 7.79. The van der Waals surface area contributed by atoms with Crippen LogP contribution in [0.3, 0.4) is 0 Å². The predicted octanol–water partition coefficient (Wildman–Crippen LogP) is -0.699. The number of hydrogen-bond acceptors (Lipinski definition) is 3. The average Bonchev–Trinajstić information content (AvgIpc) is 1.63. The first kappa shape index (κ1) is 17.0. The molecule has 0 amide bonds. The molecule has 6 nitrogen and oxygen atoms in total. The summed E-state index contributed by atoms with van der Waals surface area (Å²) in [5.74, 6) is 0. The van der Waals surface area contributed by atoms with Gasteiger partial charge in [-0.05, 0) is 6.42 Å². The van der Waals surface area contributed by atoms with Gasteiger partial charge in [0.1, 0.15) is 0 Å². The number of aliphatic hydroxyl groups excluding tert-OH is 1. The molecule has 0 unspecified atom stereocenters. The summed E-state index contributed by atoms with van der Waals surface area (Å²) in [4.78, 5) is 0. The lowest BCUT2D eigenvalue weighted by Crippen LogP contribution is -1.89. The highest BCUT2D eigenvalue weighted by atomic mass is 32.3. The van der Waals surface area contributed by atoms with Crippen molar-refractivity contribution in [2.24, 2.45) is 0 Å². The van der Waals surface area contributed by atoms with Crippen LogP contribution in [0.2, 0.25) is 0 Å². The van der Waals surface area contributed by atoms with Crippen molar-refractivity contribution in [1.29, 1.82) is 0 Å². The third kappa shape index (κ3) is 185. The summed E-state index contributed by atoms with van der Waals surface area (Å²) in [5, 5.41) is 8.07. The molecule has 5 N–H and O–H groups in total. The summed E-state index contributed by atoms with van der Waals surface area (Å²) in [6.07, 6.45) is 2.04. The maximum atomic E-state index is 8.74. The third-order valence-corrected chi connectivity index (χ3v) is 0.512. The van der Waals surface area contributed by atoms with E-state index < -0.39 is 10.4 Å². The second kappa shape index (κ2) is 9.79. The van der Waals surface area contributed by atoms with Crippen LogP contribution in [0.5, 0.6) is 0 Å². The van der Waals surface area contributed by atoms with Gasteiger partial charge in [0.05, 0.1) is 0 Å². The monoisotopic (exact) mass is 190 g/mol. The SMILES string of the molecule is CCCCO.O.O=S(=O)(O)O. The number of unbranched alkanes of at least 4 members (excludes halogenated alkanes) is 1. The maximum absolute atomic E-state index is 8.74. The first-order valence-corrected chi connectivity index (χ1v) is 4.12. The molecule has 0 aromatic heterocycles. The molecule has 11 heavy (non-hydrogen) atoms. The van der Waals surface area contributed by atoms with E-state index in [-0.39, 0.29) is 5.48 Å². The van der Waals surface area contributed by atoms with E-state index >= 15 is 0 Å². The molecular formula is C4H14O6S. The second-order valence-electron chi connectivity index (χ2n) is 1.52. The molecule has 0 radical (unpaired) electrons. The van der Waals surface area contributed by atoms with Gasteiger partial charge in [0, 0.05) is 6.61 Å². The van der Waals surface area contributed by atoms with Crippen LogP contribution < -0.4 is 0 Å². The number of aliphatic hydroxyl groups is 1. The molecule has 0 spiro atoms. The van der Waals surface area contributed by atoms with Gasteiger partial charge in [-0.3, -0.25) is 9.11 Å². The Kier molecular flexibility index (Phi) is 15.2. The highest BCUT2D eigenvalue weighted by Gasteiger charge is 1.84. The van der Waals surface area contributed by atoms with Crippen molar-refractivity contribution in [3.8, 4) is 0 Å². The molecule has 0 fully saturated rings. The van der Waals surface area contributed by atoms with Crippen molar-refractivity contribution in [3.63, 3.8) is 0 Å². The molecule has 0 aliphatic rings. The Labute approximate surface area is 65.7 Å². The zero-order chi connectivity index (χ0) is 8.62. The van der Waals surface area contributed by atoms with Gasteiger partial charge in [-0.1, -0.05) is 13.3 Å². The van der Waals surface area contributed by atoms with Crippen LogP contribution in [0.15, 0.2) is 0 Å². The second-order valence-corrected chi connectivity index (χ2v) is 2.42. The Morgan fingerprint density at radius 1 is 1.27 bits per heavy atom. The van der Waals surface area contributed by atoms with Gasteiger partial charge in [-0.2, -0.15) is 8.42 Å². The van der Waals surface area contributed by atoms with Gasteiger partial charge in [-0.25, -0.2) is 0 Å². The van der Waals surface area contributed by atoms with E-state index in [4.69, 9.17) is 22.6 Å². The quantitative estimate of drug-likeness (QED) is 0.496. The van der Waals surface area contributed by atoms with Crippen molar-refractivity contribution in [2.75, 3.05) is 6.61 Å². The van der Waals surface area contributed by atoms with E-state index in [2.05, 4.69) is 6.92 Å². The van der Waals surface area contributed by atoms with Crippen molar-refractivity contribution in [3.05, 3.63) is 0 Å². The zero-order valence-corrected chi connectivity index (χ0v) is 7.00. The topological polar surface area (TPSA) is 126 Å². The van der Waals surface area contributed by atoms with E-state index in [0.717, 1.165) is 12.8 Å². The Morgan fingerprint density at radius 3 is 1.55 bits per heavy atom. The van der Waals surface area contributed by atoms with Crippen molar-refractivity contribution >= 4 is 10.4 Å². The highest BCUT2D eigenvalue weighted by Crippen LogP contribution is 1.78. The number of hydrogen-bond donors (Lipinski definition) is 3. The molecule has 0 saturated carbocycles. The normalized spacial score (nSPS) is 9.09. The molecular weight excluding hydrogens is 176 g/mol. The molecule has 7 heteroatoms. The molecule has 0 aromatic rings. The summed E-state index contributed by atoms with van der Waals surface area (Å²) in [5.41, 5.74) is 0. The zero-order valence-electron chi connectivity index (χ0n) is 6.19. The van der Waals surface area contributed by atoms with Crippen molar-refractivity contribution in [2.45, 2.75) is 19.8 Å². The average molecular weight is 190 g/mol. The summed E-state index contributed by atoms with van der Waals surface area (Å²) in [6.45, 7) is 2.40. The van der Waals surface area contributed by atoms with Crippen LogP contribution in [0.4, 0.5) is 0 Å². The minimum atomic E-state index is -4.67. The largest absolute Gasteiger partial charge is 0.412 e. The maximum Gasteiger partial charge on any atom is 0.394 e. The van der Waals surface area contributed by atoms with Crippen LogP contribution in [-0.4, -0.2) is 34.7 Å². The van der Waals surface area contributed by atoms with Crippen LogP contribution in [0, 0.1) is 0 Å². The van der Waals surface area contributed by atoms with E-state index in [1.165, 1.54) is 0 Å². The lowest BCUT2D eigenvalue weighted by molar-refractivity contribution is 0.287. The third-order valence-electron chi connectivity index (χ3n) is 0.512. The Balaban J connectivity index is -0.000000107. The standard InChI is InChI=1S/C4H10O.H2O4S.H2O/c1-2-3-4-5;1-5(2,3)4;/h5H,2-4H2,1H3;(H2,1,2,3,4);1H2. The van der Waals surface area contributed by atoms with E-state index in [9.17, 15) is 0 Å². The van der Waals surface area contributed by atoms with Crippen LogP contribution in [0.25, 0.3) is 0 Å². The smallest absolute Gasteiger partial charge is 0.394 e. The van der Waals surface area contributed by atoms with Gasteiger partial charge in [0.15, 0.2) is 0 Å². The first-order chi connectivity index (χ1) is 4.41. The number of rotatable bonds is 2. The van der Waals surface area contributed by atoms with E-state index in [1.54, 1.807) is 0 Å². The molecule has 0 aliphatic carbocycles. The first-order valence-electron chi connectivity index (χ1n) is 2.72. The van der Waals surface area contributed by atoms with Gasteiger partial charge in [0.2, 0.25) is 0 Å². The van der Waals surface area contributed by atoms with E-state index in [0.29, 0.717) is 6.61 Å². The Bertz CT molecular complexity index is 129. The van der Waals surface area contributed by atoms with Gasteiger partial charge in [-0.15, -0.1) is 0 Å². The predicted molar refractivity (Wildman–Crippen MR) is 39.8 cm³/mol. The summed E-state index contributed by atoms with van der Waals surface area (Å²) in [7, 11) is -4.67. The molecule has 0 heterocycles. The summed E-state index contributed by atoms with van der Waals surface area (Å²) < 4.78 is 31.6. The molecule has 0 aromatic carbocycles. The fraction of sp³-hybridized carbons (Fsp3) is 1.00. The van der Waals surface area contributed by atoms with Gasteiger partial charge in [0.25, 0.3) is 0 Å². The Morgan fingerprint density at radius 2 is 1.55 bits per heavy atom. The lowest BCUT2D eigenvalue weighted by atomic mass is 10.4. The van der Waals surface area contributed by atoms with Crippen molar-refractivity contribution in [1.82, 2.24) is 0 Å². The molecule has 0 saturated heterocycles. The van der Waals surface area contributed by atoms with Crippen LogP contribution in [-0.2, 0) is 10.4 Å².